The van der Waals surface area contributed by atoms with Gasteiger partial charge in [0.1, 0.15) is 0 Å². The number of hydrogen-bond donors (Lipinski definition) is 1. The molecule has 0 heterocycles. The summed E-state index contributed by atoms with van der Waals surface area (Å²) in [6, 6.07) is 0. The summed E-state index contributed by atoms with van der Waals surface area (Å²) in [5, 5.41) is 8.27. The molecule has 2 nitrogen and oxygen atoms in total. The number of rotatable bonds is 6. The highest BCUT2D eigenvalue weighted by Gasteiger charge is 1.94. The van der Waals surface area contributed by atoms with Crippen LogP contribution in [0.2, 0.25) is 0 Å². The van der Waals surface area contributed by atoms with Crippen molar-refractivity contribution in [2.45, 2.75) is 45.4 Å². The van der Waals surface area contributed by atoms with Crippen LogP contribution in [0.25, 0.3) is 0 Å². The van der Waals surface area contributed by atoms with Crippen molar-refractivity contribution in [3.8, 4) is 0 Å². The second-order valence-corrected chi connectivity index (χ2v) is 2.56. The van der Waals surface area contributed by atoms with E-state index < -0.39 is 5.97 Å². The van der Waals surface area contributed by atoms with E-state index in [0.717, 1.165) is 12.8 Å². The van der Waals surface area contributed by atoms with Crippen molar-refractivity contribution in [2.24, 2.45) is 0 Å². The Kier molecular flexibility index (Phi) is 21.0. The van der Waals surface area contributed by atoms with Crippen LogP contribution in [0.5, 0.6) is 0 Å². The molecule has 0 amide bonds. The van der Waals surface area contributed by atoms with Gasteiger partial charge in [0.05, 0.1) is 0 Å². The van der Waals surface area contributed by atoms with Crippen molar-refractivity contribution in [3.63, 3.8) is 0 Å². The Morgan fingerprint density at radius 1 is 1.17 bits per heavy atom. The van der Waals surface area contributed by atoms with Crippen LogP contribution in [0, 0.1) is 0 Å². The molecule has 0 aliphatic rings. The van der Waals surface area contributed by atoms with Gasteiger partial charge in [0.15, 0.2) is 17.4 Å². The SMILES string of the molecule is CCCCCCCC(=O)O.Cl.[AlH3]. The van der Waals surface area contributed by atoms with E-state index in [1.807, 2.05) is 0 Å². The van der Waals surface area contributed by atoms with Crippen LogP contribution in [0.15, 0.2) is 0 Å². The fourth-order valence-corrected chi connectivity index (χ4v) is 0.880. The maximum Gasteiger partial charge on any atom is 0.303 e. The van der Waals surface area contributed by atoms with Crippen LogP contribution >= 0.6 is 12.4 Å². The van der Waals surface area contributed by atoms with Gasteiger partial charge in [0.25, 0.3) is 0 Å². The molecule has 4 heteroatoms. The Morgan fingerprint density at radius 3 is 2.08 bits per heavy atom. The number of hydrogen-bond acceptors (Lipinski definition) is 1. The highest BCUT2D eigenvalue weighted by atomic mass is 35.5. The summed E-state index contributed by atoms with van der Waals surface area (Å²) in [6.45, 7) is 2.15. The van der Waals surface area contributed by atoms with Gasteiger partial charge >= 0.3 is 5.97 Å². The summed E-state index contributed by atoms with van der Waals surface area (Å²) in [4.78, 5) is 10.0. The maximum atomic E-state index is 10.0. The average molecular weight is 211 g/mol. The smallest absolute Gasteiger partial charge is 0.303 e. The van der Waals surface area contributed by atoms with E-state index in [0.29, 0.717) is 6.42 Å². The summed E-state index contributed by atoms with van der Waals surface area (Å²) in [6.07, 6.45) is 5.88. The number of unbranched alkanes of at least 4 members (excludes halogenated alkanes) is 4. The van der Waals surface area contributed by atoms with E-state index >= 15 is 0 Å². The van der Waals surface area contributed by atoms with Gasteiger partial charge in [-0.05, 0) is 6.42 Å². The van der Waals surface area contributed by atoms with Crippen molar-refractivity contribution >= 4 is 35.7 Å². The Hall–Kier alpha value is 0.292. The average Bonchev–Trinajstić information content (AvgIpc) is 1.87. The molecule has 0 radical (unpaired) electrons. The standard InChI is InChI=1S/C8H16O2.Al.ClH.3H/c1-2-3-4-5-6-7-8(9)10;;;;;/h2-7H2,1H3,(H,9,10);;1H;;;. The molecule has 0 aliphatic heterocycles. The maximum absolute atomic E-state index is 10.0. The molecule has 1 N–H and O–H groups in total. The van der Waals surface area contributed by atoms with Crippen molar-refractivity contribution < 1.29 is 9.90 Å². The van der Waals surface area contributed by atoms with E-state index in [-0.39, 0.29) is 29.8 Å². The molecule has 0 saturated carbocycles. The lowest BCUT2D eigenvalue weighted by molar-refractivity contribution is -0.137. The fraction of sp³-hybridized carbons (Fsp3) is 0.875. The molecule has 0 unspecified atom stereocenters. The lowest BCUT2D eigenvalue weighted by Gasteiger charge is -1.95. The summed E-state index contributed by atoms with van der Waals surface area (Å²) in [5.41, 5.74) is 0. The predicted molar refractivity (Wildman–Crippen MR) is 58.2 cm³/mol. The van der Waals surface area contributed by atoms with Crippen LogP contribution in [0.3, 0.4) is 0 Å². The van der Waals surface area contributed by atoms with Crippen LogP contribution in [0.4, 0.5) is 0 Å². The molecule has 74 valence electrons. The molecule has 0 saturated heterocycles. The van der Waals surface area contributed by atoms with Crippen LogP contribution in [0.1, 0.15) is 45.4 Å². The van der Waals surface area contributed by atoms with E-state index in [1.54, 1.807) is 0 Å². The molecular weight excluding hydrogens is 191 g/mol. The molecular formula is C8H20AlClO2. The van der Waals surface area contributed by atoms with Crippen molar-refractivity contribution in [1.29, 1.82) is 0 Å². The summed E-state index contributed by atoms with van der Waals surface area (Å²) in [7, 11) is 0. The quantitative estimate of drug-likeness (QED) is 0.535. The topological polar surface area (TPSA) is 37.3 Å². The lowest BCUT2D eigenvalue weighted by Crippen LogP contribution is -1.93. The van der Waals surface area contributed by atoms with Crippen molar-refractivity contribution in [3.05, 3.63) is 0 Å². The fourth-order valence-electron chi connectivity index (χ4n) is 0.880. The Bertz CT molecular complexity index is 99.1. The Labute approximate surface area is 91.3 Å². The number of carboxylic acids is 1. The number of halogens is 1. The first-order valence-corrected chi connectivity index (χ1v) is 3.99. The van der Waals surface area contributed by atoms with E-state index in [9.17, 15) is 4.79 Å². The van der Waals surface area contributed by atoms with E-state index in [4.69, 9.17) is 5.11 Å². The highest BCUT2D eigenvalue weighted by Crippen LogP contribution is 2.04. The second-order valence-electron chi connectivity index (χ2n) is 2.56. The van der Waals surface area contributed by atoms with Gasteiger partial charge in [0.2, 0.25) is 0 Å². The normalized spacial score (nSPS) is 8.08. The summed E-state index contributed by atoms with van der Waals surface area (Å²) >= 11 is 0. The molecule has 0 aliphatic carbocycles. The van der Waals surface area contributed by atoms with Gasteiger partial charge in [0, 0.05) is 6.42 Å². The third-order valence-corrected chi connectivity index (χ3v) is 1.49. The zero-order valence-corrected chi connectivity index (χ0v) is 7.82. The third-order valence-electron chi connectivity index (χ3n) is 1.49. The molecule has 0 bridgehead atoms. The zero-order chi connectivity index (χ0) is 7.82. The molecule has 0 aromatic rings. The molecule has 0 aromatic heterocycles. The third kappa shape index (κ3) is 16.7. The van der Waals surface area contributed by atoms with E-state index in [1.165, 1.54) is 19.3 Å². The molecule has 12 heavy (non-hydrogen) atoms. The van der Waals surface area contributed by atoms with Gasteiger partial charge in [-0.2, -0.15) is 0 Å². The second kappa shape index (κ2) is 13.9. The lowest BCUT2D eigenvalue weighted by atomic mass is 10.1. The molecule has 0 spiro atoms. The summed E-state index contributed by atoms with van der Waals surface area (Å²) < 4.78 is 0. The minimum atomic E-state index is -0.670. The molecule has 0 rings (SSSR count). The first kappa shape index (κ1) is 18.2. The first-order chi connectivity index (χ1) is 4.77. The van der Waals surface area contributed by atoms with Gasteiger partial charge in [-0.15, -0.1) is 12.4 Å². The van der Waals surface area contributed by atoms with Gasteiger partial charge in [-0.3, -0.25) is 4.79 Å². The minimum absolute atomic E-state index is 0. The minimum Gasteiger partial charge on any atom is -0.481 e. The monoisotopic (exact) mass is 210 g/mol. The van der Waals surface area contributed by atoms with Gasteiger partial charge in [-0.25, -0.2) is 0 Å². The summed E-state index contributed by atoms with van der Waals surface area (Å²) in [5.74, 6) is -0.670. The molecule has 0 fully saturated rings. The van der Waals surface area contributed by atoms with Crippen LogP contribution in [-0.2, 0) is 4.79 Å². The highest BCUT2D eigenvalue weighted by molar-refractivity contribution is 5.85. The Balaban J connectivity index is -0.000000405. The van der Waals surface area contributed by atoms with Gasteiger partial charge < -0.3 is 5.11 Å². The van der Waals surface area contributed by atoms with Crippen molar-refractivity contribution in [1.82, 2.24) is 0 Å². The van der Waals surface area contributed by atoms with Crippen LogP contribution in [-0.4, -0.2) is 28.4 Å². The van der Waals surface area contributed by atoms with E-state index in [2.05, 4.69) is 6.92 Å². The predicted octanol–water partition coefficient (Wildman–Crippen LogP) is 1.67. The van der Waals surface area contributed by atoms with Crippen LogP contribution < -0.4 is 0 Å². The number of aliphatic carboxylic acids is 1. The van der Waals surface area contributed by atoms with Crippen molar-refractivity contribution in [2.75, 3.05) is 0 Å². The zero-order valence-electron chi connectivity index (χ0n) is 7.01. The largest absolute Gasteiger partial charge is 0.481 e. The number of carbonyl (C=O) groups is 1. The Morgan fingerprint density at radius 2 is 1.67 bits per heavy atom. The number of carboxylic acid groups (broad SMARTS) is 1. The van der Waals surface area contributed by atoms with Gasteiger partial charge in [-0.1, -0.05) is 32.6 Å². The molecule has 0 aromatic carbocycles. The molecule has 0 atom stereocenters. The first-order valence-electron chi connectivity index (χ1n) is 3.99.